The lowest BCUT2D eigenvalue weighted by Crippen LogP contribution is -2.36. The number of carbonyl (C=O) groups is 1. The van der Waals surface area contributed by atoms with Crippen LogP contribution in [0.5, 0.6) is 0 Å². The Labute approximate surface area is 125 Å². The van der Waals surface area contributed by atoms with Crippen molar-refractivity contribution in [2.75, 3.05) is 31.2 Å². The van der Waals surface area contributed by atoms with Crippen LogP contribution < -0.4 is 4.90 Å². The highest BCUT2D eigenvalue weighted by atomic mass is 35.5. The van der Waals surface area contributed by atoms with Crippen LogP contribution in [0.2, 0.25) is 5.02 Å². The number of carboxylic acid groups (broad SMARTS) is 1. The van der Waals surface area contributed by atoms with Crippen LogP contribution in [0.15, 0.2) is 28.8 Å². The van der Waals surface area contributed by atoms with E-state index in [4.69, 9.17) is 20.9 Å². The van der Waals surface area contributed by atoms with E-state index >= 15 is 0 Å². The van der Waals surface area contributed by atoms with E-state index in [1.165, 1.54) is 0 Å². The molecule has 0 unspecified atom stereocenters. The van der Waals surface area contributed by atoms with E-state index < -0.39 is 5.97 Å². The van der Waals surface area contributed by atoms with Crippen LogP contribution in [-0.2, 0) is 4.74 Å². The molecule has 2 heterocycles. The third-order valence-corrected chi connectivity index (χ3v) is 3.56. The van der Waals surface area contributed by atoms with Crippen LogP contribution in [0.25, 0.3) is 11.3 Å². The zero-order valence-electron chi connectivity index (χ0n) is 11.1. The molecule has 1 aliphatic rings. The molecule has 1 aromatic heterocycles. The van der Waals surface area contributed by atoms with Gasteiger partial charge in [0.25, 0.3) is 0 Å². The topological polar surface area (TPSA) is 75.8 Å². The number of aromatic nitrogens is 1. The summed E-state index contributed by atoms with van der Waals surface area (Å²) in [5, 5.41) is 14.0. The van der Waals surface area contributed by atoms with Gasteiger partial charge < -0.3 is 19.3 Å². The van der Waals surface area contributed by atoms with Gasteiger partial charge in [-0.1, -0.05) is 28.9 Å². The summed E-state index contributed by atoms with van der Waals surface area (Å²) in [7, 11) is 0. The minimum absolute atomic E-state index is 0.0687. The summed E-state index contributed by atoms with van der Waals surface area (Å²) < 4.78 is 10.5. The van der Waals surface area contributed by atoms with Crippen LogP contribution in [0, 0.1) is 0 Å². The van der Waals surface area contributed by atoms with E-state index in [1.807, 2.05) is 4.90 Å². The minimum Gasteiger partial charge on any atom is -0.477 e. The van der Waals surface area contributed by atoms with Gasteiger partial charge in [-0.15, -0.1) is 0 Å². The first-order valence-corrected chi connectivity index (χ1v) is 6.86. The molecule has 0 spiro atoms. The molecule has 0 atom stereocenters. The van der Waals surface area contributed by atoms with Crippen molar-refractivity contribution in [2.45, 2.75) is 0 Å². The summed E-state index contributed by atoms with van der Waals surface area (Å²) in [5.41, 5.74) is 1.03. The lowest BCUT2D eigenvalue weighted by molar-refractivity contribution is 0.0696. The lowest BCUT2D eigenvalue weighted by atomic mass is 10.1. The molecule has 1 aliphatic heterocycles. The Kier molecular flexibility index (Phi) is 3.81. The zero-order valence-corrected chi connectivity index (χ0v) is 11.8. The largest absolute Gasteiger partial charge is 0.477 e. The van der Waals surface area contributed by atoms with E-state index in [9.17, 15) is 9.90 Å². The van der Waals surface area contributed by atoms with Gasteiger partial charge in [0.05, 0.1) is 13.2 Å². The maximum absolute atomic E-state index is 11.6. The van der Waals surface area contributed by atoms with E-state index in [1.54, 1.807) is 24.3 Å². The van der Waals surface area contributed by atoms with Crippen molar-refractivity contribution >= 4 is 23.5 Å². The van der Waals surface area contributed by atoms with Crippen molar-refractivity contribution in [1.29, 1.82) is 0 Å². The number of hydrogen-bond acceptors (Lipinski definition) is 5. The van der Waals surface area contributed by atoms with Crippen LogP contribution in [0.1, 0.15) is 10.4 Å². The third-order valence-electron chi connectivity index (χ3n) is 3.30. The van der Waals surface area contributed by atoms with Crippen LogP contribution in [0.3, 0.4) is 0 Å². The van der Waals surface area contributed by atoms with Crippen molar-refractivity contribution in [1.82, 2.24) is 5.16 Å². The molecule has 7 heteroatoms. The van der Waals surface area contributed by atoms with Crippen molar-refractivity contribution < 1.29 is 19.2 Å². The Hall–Kier alpha value is -2.05. The molecule has 1 N–H and O–H groups in total. The first-order valence-electron chi connectivity index (χ1n) is 6.48. The second-order valence-corrected chi connectivity index (χ2v) is 5.06. The Morgan fingerprint density at radius 3 is 2.52 bits per heavy atom. The van der Waals surface area contributed by atoms with Gasteiger partial charge in [-0.25, -0.2) is 4.79 Å². The van der Waals surface area contributed by atoms with Gasteiger partial charge in [0.2, 0.25) is 5.88 Å². The SMILES string of the molecule is O=C(O)c1c(-c2ccc(Cl)cc2)noc1N1CCOCC1. The predicted molar refractivity (Wildman–Crippen MR) is 76.9 cm³/mol. The van der Waals surface area contributed by atoms with Crippen molar-refractivity contribution in [3.63, 3.8) is 0 Å². The molecule has 0 amide bonds. The number of aromatic carboxylic acids is 1. The number of benzene rings is 1. The number of rotatable bonds is 3. The second-order valence-electron chi connectivity index (χ2n) is 4.62. The summed E-state index contributed by atoms with van der Waals surface area (Å²) >= 11 is 5.85. The fourth-order valence-electron chi connectivity index (χ4n) is 2.26. The molecule has 21 heavy (non-hydrogen) atoms. The smallest absolute Gasteiger partial charge is 0.343 e. The average Bonchev–Trinajstić information content (AvgIpc) is 2.94. The van der Waals surface area contributed by atoms with Crippen molar-refractivity contribution in [3.05, 3.63) is 34.9 Å². The lowest BCUT2D eigenvalue weighted by Gasteiger charge is -2.26. The van der Waals surface area contributed by atoms with E-state index in [0.717, 1.165) is 0 Å². The highest BCUT2D eigenvalue weighted by molar-refractivity contribution is 6.30. The van der Waals surface area contributed by atoms with Gasteiger partial charge in [0.1, 0.15) is 5.69 Å². The second kappa shape index (κ2) is 5.75. The molecule has 0 bridgehead atoms. The van der Waals surface area contributed by atoms with Gasteiger partial charge in [-0.2, -0.15) is 0 Å². The number of morpholine rings is 1. The highest BCUT2D eigenvalue weighted by Gasteiger charge is 2.28. The number of halogens is 1. The Morgan fingerprint density at radius 2 is 1.90 bits per heavy atom. The van der Waals surface area contributed by atoms with Gasteiger partial charge in [-0.05, 0) is 12.1 Å². The van der Waals surface area contributed by atoms with Gasteiger partial charge >= 0.3 is 5.97 Å². The monoisotopic (exact) mass is 308 g/mol. The average molecular weight is 309 g/mol. The molecular formula is C14H13ClN2O4. The van der Waals surface area contributed by atoms with E-state index in [2.05, 4.69) is 5.16 Å². The van der Waals surface area contributed by atoms with Gasteiger partial charge in [0, 0.05) is 23.7 Å². The normalized spacial score (nSPS) is 15.2. The third kappa shape index (κ3) is 2.72. The maximum atomic E-state index is 11.6. The fraction of sp³-hybridized carbons (Fsp3) is 0.286. The van der Waals surface area contributed by atoms with E-state index in [0.29, 0.717) is 42.6 Å². The first kappa shape index (κ1) is 13.9. The number of nitrogens with zero attached hydrogens (tertiary/aromatic N) is 2. The standard InChI is InChI=1S/C14H13ClN2O4/c15-10-3-1-9(2-4-10)12-11(14(18)19)13(21-16-12)17-5-7-20-8-6-17/h1-4H,5-8H2,(H,18,19). The minimum atomic E-state index is -1.07. The summed E-state index contributed by atoms with van der Waals surface area (Å²) in [4.78, 5) is 13.4. The Balaban J connectivity index is 2.03. The van der Waals surface area contributed by atoms with Crippen molar-refractivity contribution in [2.24, 2.45) is 0 Å². The number of ether oxygens (including phenoxy) is 1. The zero-order chi connectivity index (χ0) is 14.8. The summed E-state index contributed by atoms with van der Waals surface area (Å²) in [6, 6.07) is 6.81. The number of anilines is 1. The Bertz CT molecular complexity index is 647. The maximum Gasteiger partial charge on any atom is 0.343 e. The molecule has 6 nitrogen and oxygen atoms in total. The first-order chi connectivity index (χ1) is 10.2. The van der Waals surface area contributed by atoms with E-state index in [-0.39, 0.29) is 11.4 Å². The molecule has 0 aliphatic carbocycles. The molecule has 3 rings (SSSR count). The highest BCUT2D eigenvalue weighted by Crippen LogP contribution is 2.32. The fourth-order valence-corrected chi connectivity index (χ4v) is 2.39. The summed E-state index contributed by atoms with van der Waals surface area (Å²) in [6.07, 6.45) is 0. The van der Waals surface area contributed by atoms with Crippen LogP contribution in [0.4, 0.5) is 5.88 Å². The van der Waals surface area contributed by atoms with Gasteiger partial charge in [0.15, 0.2) is 5.56 Å². The molecule has 1 saturated heterocycles. The summed E-state index contributed by atoms with van der Waals surface area (Å²) in [6.45, 7) is 2.23. The van der Waals surface area contributed by atoms with Crippen LogP contribution >= 0.6 is 11.6 Å². The Morgan fingerprint density at radius 1 is 1.24 bits per heavy atom. The quantitative estimate of drug-likeness (QED) is 0.939. The molecule has 110 valence electrons. The number of hydrogen-bond donors (Lipinski definition) is 1. The molecule has 1 fully saturated rings. The number of carboxylic acids is 1. The molecule has 1 aromatic carbocycles. The van der Waals surface area contributed by atoms with Gasteiger partial charge in [-0.3, -0.25) is 0 Å². The molecular weight excluding hydrogens is 296 g/mol. The summed E-state index contributed by atoms with van der Waals surface area (Å²) in [5.74, 6) is -0.793. The molecule has 0 radical (unpaired) electrons. The molecule has 0 saturated carbocycles. The molecule has 2 aromatic rings. The van der Waals surface area contributed by atoms with Crippen molar-refractivity contribution in [3.8, 4) is 11.3 Å². The van der Waals surface area contributed by atoms with Crippen LogP contribution in [-0.4, -0.2) is 42.5 Å². The predicted octanol–water partition coefficient (Wildman–Crippen LogP) is 2.53.